The maximum absolute atomic E-state index is 12.6. The van der Waals surface area contributed by atoms with Crippen LogP contribution in [0.15, 0.2) is 35.0 Å². The van der Waals surface area contributed by atoms with Gasteiger partial charge in [-0.25, -0.2) is 0 Å². The molecule has 0 aliphatic heterocycles. The molecule has 0 N–H and O–H groups in total. The van der Waals surface area contributed by atoms with Crippen molar-refractivity contribution in [3.63, 3.8) is 0 Å². The first-order chi connectivity index (χ1) is 12.9. The Morgan fingerprint density at radius 3 is 2.15 bits per heavy atom. The summed E-state index contributed by atoms with van der Waals surface area (Å²) in [6.07, 6.45) is 4.12. The number of rotatable bonds is 9. The van der Waals surface area contributed by atoms with Crippen molar-refractivity contribution in [2.75, 3.05) is 13.1 Å². The third-order valence-corrected chi connectivity index (χ3v) is 5.19. The fourth-order valence-corrected chi connectivity index (χ4v) is 3.04. The van der Waals surface area contributed by atoms with E-state index in [0.717, 1.165) is 54.6 Å². The van der Waals surface area contributed by atoms with Crippen molar-refractivity contribution in [3.8, 4) is 0 Å². The second kappa shape index (κ2) is 9.63. The van der Waals surface area contributed by atoms with E-state index >= 15 is 0 Å². The summed E-state index contributed by atoms with van der Waals surface area (Å²) in [5.74, 6) is 0.497. The molecule has 4 nitrogen and oxygen atoms in total. The van der Waals surface area contributed by atoms with Crippen LogP contribution >= 0.6 is 0 Å². The molecule has 4 heteroatoms. The molecule has 1 aliphatic carbocycles. The van der Waals surface area contributed by atoms with Gasteiger partial charge in [0.15, 0.2) is 5.78 Å². The number of hydrogen-bond donors (Lipinski definition) is 0. The summed E-state index contributed by atoms with van der Waals surface area (Å²) in [6.45, 7) is 11.3. The minimum Gasteiger partial charge on any atom is -0.338 e. The van der Waals surface area contributed by atoms with Gasteiger partial charge in [-0.15, -0.1) is 0 Å². The quantitative estimate of drug-likeness (QED) is 0.447. The number of Topliss-reactive ketones (excluding diaryl/α,β-unsaturated/α-hetero) is 1. The van der Waals surface area contributed by atoms with Crippen LogP contribution in [0.5, 0.6) is 0 Å². The van der Waals surface area contributed by atoms with Gasteiger partial charge in [0.1, 0.15) is 5.71 Å². The predicted molar refractivity (Wildman–Crippen MR) is 112 cm³/mol. The van der Waals surface area contributed by atoms with E-state index in [9.17, 15) is 9.59 Å². The lowest BCUT2D eigenvalue weighted by Crippen LogP contribution is -2.36. The van der Waals surface area contributed by atoms with Crippen LogP contribution in [-0.4, -0.2) is 35.4 Å². The molecule has 0 radical (unpaired) electrons. The van der Waals surface area contributed by atoms with Gasteiger partial charge >= 0.3 is 0 Å². The summed E-state index contributed by atoms with van der Waals surface area (Å²) in [6, 6.07) is 7.75. The Labute approximate surface area is 163 Å². The monoisotopic (exact) mass is 368 g/mol. The zero-order chi connectivity index (χ0) is 20.0. The highest BCUT2D eigenvalue weighted by molar-refractivity contribution is 6.38. The number of aliphatic imine (C=N–C) groups is 1. The van der Waals surface area contributed by atoms with Crippen molar-refractivity contribution in [1.82, 2.24) is 4.90 Å². The van der Waals surface area contributed by atoms with Gasteiger partial charge in [0, 0.05) is 30.3 Å². The molecule has 0 spiro atoms. The van der Waals surface area contributed by atoms with E-state index in [2.05, 4.69) is 11.9 Å². The first-order valence-electron chi connectivity index (χ1n) is 10.1. The summed E-state index contributed by atoms with van der Waals surface area (Å²) in [5, 5.41) is 0. The molecule has 2 rings (SSSR count). The molecule has 146 valence electrons. The van der Waals surface area contributed by atoms with Crippen molar-refractivity contribution in [3.05, 3.63) is 41.1 Å². The largest absolute Gasteiger partial charge is 0.338 e. The molecule has 0 bridgehead atoms. The third-order valence-electron chi connectivity index (χ3n) is 5.19. The molecule has 1 aromatic carbocycles. The van der Waals surface area contributed by atoms with Crippen molar-refractivity contribution >= 4 is 23.0 Å². The Morgan fingerprint density at radius 1 is 1.04 bits per heavy atom. The number of amides is 1. The number of unbranched alkanes of at least 4 members (excludes halogenated alkanes) is 1. The highest BCUT2D eigenvalue weighted by Gasteiger charge is 2.30. The topological polar surface area (TPSA) is 49.7 Å². The Kier molecular flexibility index (Phi) is 7.52. The molecule has 0 aromatic heterocycles. The van der Waals surface area contributed by atoms with Crippen molar-refractivity contribution in [1.29, 1.82) is 0 Å². The zero-order valence-electron chi connectivity index (χ0n) is 17.3. The van der Waals surface area contributed by atoms with E-state index in [1.54, 1.807) is 6.92 Å². The van der Waals surface area contributed by atoms with Crippen molar-refractivity contribution < 1.29 is 9.59 Å². The number of carbonyl (C=O) groups is 2. The van der Waals surface area contributed by atoms with Crippen molar-refractivity contribution in [2.24, 2.45) is 10.9 Å². The van der Waals surface area contributed by atoms with Crippen LogP contribution in [0, 0.1) is 5.92 Å². The Balaban J connectivity index is 2.13. The van der Waals surface area contributed by atoms with E-state index in [4.69, 9.17) is 0 Å². The van der Waals surface area contributed by atoms with E-state index < -0.39 is 0 Å². The first kappa shape index (κ1) is 21.1. The summed E-state index contributed by atoms with van der Waals surface area (Å²) in [7, 11) is 0. The maximum atomic E-state index is 12.6. The number of ketones is 1. The minimum absolute atomic E-state index is 0.00322. The first-order valence-corrected chi connectivity index (χ1v) is 10.1. The van der Waals surface area contributed by atoms with Crippen LogP contribution in [0.2, 0.25) is 0 Å². The number of nitrogens with zero attached hydrogens (tertiary/aromatic N) is 2. The van der Waals surface area contributed by atoms with Crippen LogP contribution < -0.4 is 0 Å². The average Bonchev–Trinajstić information content (AvgIpc) is 3.52. The second-order valence-corrected chi connectivity index (χ2v) is 7.36. The van der Waals surface area contributed by atoms with Gasteiger partial charge in [0.25, 0.3) is 5.91 Å². The van der Waals surface area contributed by atoms with Crippen LogP contribution in [-0.2, 0) is 4.79 Å². The highest BCUT2D eigenvalue weighted by atomic mass is 16.2. The maximum Gasteiger partial charge on any atom is 0.267 e. The molecule has 1 aliphatic rings. The molecule has 0 saturated heterocycles. The molecule has 1 amide bonds. The normalized spacial score (nSPS) is 15.4. The van der Waals surface area contributed by atoms with Crippen molar-refractivity contribution in [2.45, 2.75) is 60.3 Å². The van der Waals surface area contributed by atoms with Crippen LogP contribution in [0.4, 0.5) is 0 Å². The Hall–Kier alpha value is -2.23. The van der Waals surface area contributed by atoms with Crippen LogP contribution in [0.25, 0.3) is 5.57 Å². The van der Waals surface area contributed by atoms with Gasteiger partial charge < -0.3 is 4.90 Å². The predicted octanol–water partition coefficient (Wildman–Crippen LogP) is 5.14. The third kappa shape index (κ3) is 5.62. The van der Waals surface area contributed by atoms with Gasteiger partial charge in [0.05, 0.1) is 0 Å². The summed E-state index contributed by atoms with van der Waals surface area (Å²) >= 11 is 0. The number of benzene rings is 1. The molecule has 0 unspecified atom stereocenters. The lowest BCUT2D eigenvalue weighted by atomic mass is 10.0. The van der Waals surface area contributed by atoms with E-state index in [1.165, 1.54) is 0 Å². The van der Waals surface area contributed by atoms with Gasteiger partial charge in [-0.3, -0.25) is 14.6 Å². The molecule has 1 aromatic rings. The van der Waals surface area contributed by atoms with E-state index in [1.807, 2.05) is 49.9 Å². The number of carbonyl (C=O) groups excluding carboxylic acids is 2. The zero-order valence-corrected chi connectivity index (χ0v) is 17.3. The lowest BCUT2D eigenvalue weighted by Gasteiger charge is -2.20. The van der Waals surface area contributed by atoms with Gasteiger partial charge in [0.2, 0.25) is 0 Å². The number of allylic oxidation sites excluding steroid dienone is 2. The summed E-state index contributed by atoms with van der Waals surface area (Å²) in [4.78, 5) is 31.1. The Morgan fingerprint density at radius 2 is 1.63 bits per heavy atom. The van der Waals surface area contributed by atoms with Gasteiger partial charge in [-0.2, -0.15) is 0 Å². The van der Waals surface area contributed by atoms with Crippen LogP contribution in [0.1, 0.15) is 76.2 Å². The molecule has 1 fully saturated rings. The molecule has 27 heavy (non-hydrogen) atoms. The van der Waals surface area contributed by atoms with Crippen LogP contribution in [0.3, 0.4) is 0 Å². The SMILES string of the molecule is CCCCN(CC)C(=O)C(C)=N/C(C)=C(\C)c1ccc(C(=O)C2CC2)cc1. The highest BCUT2D eigenvalue weighted by Crippen LogP contribution is 2.33. The smallest absolute Gasteiger partial charge is 0.267 e. The summed E-state index contributed by atoms with van der Waals surface area (Å²) < 4.78 is 0. The average molecular weight is 369 g/mol. The molecule has 1 saturated carbocycles. The lowest BCUT2D eigenvalue weighted by molar-refractivity contribution is -0.124. The van der Waals surface area contributed by atoms with E-state index in [-0.39, 0.29) is 17.6 Å². The van der Waals surface area contributed by atoms with E-state index in [0.29, 0.717) is 12.3 Å². The Bertz CT molecular complexity index is 740. The molecular formula is C23H32N2O2. The molecule has 0 atom stereocenters. The van der Waals surface area contributed by atoms with Gasteiger partial charge in [-0.1, -0.05) is 37.6 Å². The number of hydrogen-bond acceptors (Lipinski definition) is 3. The van der Waals surface area contributed by atoms with Gasteiger partial charge in [-0.05, 0) is 58.1 Å². The standard InChI is InChI=1S/C23H32N2O2/c1-6-8-15-25(7-2)23(27)18(5)24-17(4)16(3)19-9-11-20(12-10-19)22(26)21-13-14-21/h9-12,21H,6-8,13-15H2,1-5H3/b17-16+,24-18?. The molecular weight excluding hydrogens is 336 g/mol. The fourth-order valence-electron chi connectivity index (χ4n) is 3.04. The second-order valence-electron chi connectivity index (χ2n) is 7.36. The fraction of sp³-hybridized carbons (Fsp3) is 0.522. The summed E-state index contributed by atoms with van der Waals surface area (Å²) in [5.41, 5.74) is 4.18. The molecule has 0 heterocycles. The minimum atomic E-state index is 0.00322.